The monoisotopic (exact) mass is 395 g/mol. The van der Waals surface area contributed by atoms with Gasteiger partial charge in [-0.1, -0.05) is 24.3 Å². The van der Waals surface area contributed by atoms with E-state index in [0.29, 0.717) is 11.3 Å². The number of anilines is 1. The van der Waals surface area contributed by atoms with Gasteiger partial charge in [-0.05, 0) is 43.3 Å². The number of halogens is 1. The number of hydrogen-bond acceptors (Lipinski definition) is 4. The summed E-state index contributed by atoms with van der Waals surface area (Å²) < 4.78 is 27.3. The molecule has 1 saturated heterocycles. The Morgan fingerprint density at radius 3 is 2.54 bits per heavy atom. The maximum Gasteiger partial charge on any atom is 0.261 e. The van der Waals surface area contributed by atoms with E-state index in [1.807, 2.05) is 0 Å². The Morgan fingerprint density at radius 1 is 1.15 bits per heavy atom. The number of likely N-dealkylation sites (N-methyl/N-ethyl adjacent to an activating group) is 1. The second-order valence-electron chi connectivity index (χ2n) is 6.06. The predicted molar refractivity (Wildman–Crippen MR) is 104 cm³/mol. The van der Waals surface area contributed by atoms with Crippen molar-refractivity contribution in [1.29, 1.82) is 0 Å². The number of nitrogens with zero attached hydrogens (tertiary/aromatic N) is 1. The van der Waals surface area contributed by atoms with Gasteiger partial charge in [-0.3, -0.25) is 9.52 Å². The van der Waals surface area contributed by atoms with Crippen LogP contribution in [-0.4, -0.2) is 45.4 Å². The van der Waals surface area contributed by atoms with Crippen molar-refractivity contribution in [3.05, 3.63) is 60.2 Å². The van der Waals surface area contributed by atoms with Gasteiger partial charge in [0.05, 0.1) is 4.90 Å². The summed E-state index contributed by atoms with van der Waals surface area (Å²) in [7, 11) is -1.90. The Balaban J connectivity index is 0.00000243. The van der Waals surface area contributed by atoms with Crippen molar-refractivity contribution >= 4 is 34.0 Å². The minimum atomic E-state index is -3.68. The first-order valence-corrected chi connectivity index (χ1v) is 9.61. The Morgan fingerprint density at radius 2 is 1.88 bits per heavy atom. The average Bonchev–Trinajstić information content (AvgIpc) is 3.16. The normalized spacial score (nSPS) is 16.6. The lowest BCUT2D eigenvalue weighted by molar-refractivity contribution is 0.0744. The van der Waals surface area contributed by atoms with Gasteiger partial charge in [0.25, 0.3) is 15.9 Å². The van der Waals surface area contributed by atoms with E-state index < -0.39 is 10.0 Å². The molecule has 3 rings (SSSR count). The molecule has 1 atom stereocenters. The van der Waals surface area contributed by atoms with Crippen molar-refractivity contribution in [2.75, 3.05) is 24.9 Å². The summed E-state index contributed by atoms with van der Waals surface area (Å²) in [6.07, 6.45) is 0.919. The molecule has 0 radical (unpaired) electrons. The third-order valence-electron chi connectivity index (χ3n) is 4.32. The first-order valence-electron chi connectivity index (χ1n) is 8.13. The molecule has 2 aromatic rings. The van der Waals surface area contributed by atoms with E-state index in [2.05, 4.69) is 10.0 Å². The summed E-state index contributed by atoms with van der Waals surface area (Å²) in [5.41, 5.74) is 0.829. The minimum absolute atomic E-state index is 0. The van der Waals surface area contributed by atoms with E-state index in [-0.39, 0.29) is 29.3 Å². The van der Waals surface area contributed by atoms with Crippen LogP contribution >= 0.6 is 12.4 Å². The molecule has 1 heterocycles. The van der Waals surface area contributed by atoms with Crippen LogP contribution in [0.4, 0.5) is 5.69 Å². The number of carbonyl (C=O) groups excluding carboxylic acids is 1. The summed E-state index contributed by atoms with van der Waals surface area (Å²) in [6.45, 7) is 1.68. The van der Waals surface area contributed by atoms with Gasteiger partial charge in [0.2, 0.25) is 0 Å². The second-order valence-corrected chi connectivity index (χ2v) is 7.74. The van der Waals surface area contributed by atoms with Crippen LogP contribution in [0.25, 0.3) is 0 Å². The van der Waals surface area contributed by atoms with E-state index in [1.54, 1.807) is 54.4 Å². The number of carbonyl (C=O) groups is 1. The highest BCUT2D eigenvalue weighted by Crippen LogP contribution is 2.19. The highest BCUT2D eigenvalue weighted by atomic mass is 35.5. The van der Waals surface area contributed by atoms with Crippen molar-refractivity contribution < 1.29 is 13.2 Å². The van der Waals surface area contributed by atoms with Crippen molar-refractivity contribution in [2.24, 2.45) is 0 Å². The fourth-order valence-electron chi connectivity index (χ4n) is 2.87. The molecular formula is C18H22ClN3O3S. The van der Waals surface area contributed by atoms with Gasteiger partial charge < -0.3 is 10.2 Å². The SMILES string of the molecule is CN(C(=O)c1cccc(NS(=O)(=O)c2ccccc2)c1)C1CCNC1.Cl. The van der Waals surface area contributed by atoms with Gasteiger partial charge in [0.15, 0.2) is 0 Å². The van der Waals surface area contributed by atoms with Crippen molar-refractivity contribution in [2.45, 2.75) is 17.4 Å². The molecule has 0 spiro atoms. The quantitative estimate of drug-likeness (QED) is 0.814. The largest absolute Gasteiger partial charge is 0.337 e. The third kappa shape index (κ3) is 4.55. The Bertz CT molecular complexity index is 853. The van der Waals surface area contributed by atoms with Gasteiger partial charge in [0, 0.05) is 30.9 Å². The standard InChI is InChI=1S/C18H21N3O3S.ClH/c1-21(16-10-11-19-13-16)18(22)14-6-5-7-15(12-14)20-25(23,24)17-8-3-2-4-9-17;/h2-9,12,16,19-20H,10-11,13H2,1H3;1H. The number of hydrogen-bond donors (Lipinski definition) is 2. The summed E-state index contributed by atoms with van der Waals surface area (Å²) in [5, 5.41) is 3.23. The van der Waals surface area contributed by atoms with Crippen LogP contribution in [0.1, 0.15) is 16.8 Å². The minimum Gasteiger partial charge on any atom is -0.337 e. The van der Waals surface area contributed by atoms with Gasteiger partial charge in [0.1, 0.15) is 0 Å². The van der Waals surface area contributed by atoms with Crippen LogP contribution in [-0.2, 0) is 10.0 Å². The lowest BCUT2D eigenvalue weighted by atomic mass is 10.1. The molecule has 2 aromatic carbocycles. The van der Waals surface area contributed by atoms with E-state index in [0.717, 1.165) is 19.5 Å². The maximum atomic E-state index is 12.6. The lowest BCUT2D eigenvalue weighted by Gasteiger charge is -2.24. The van der Waals surface area contributed by atoms with E-state index in [1.165, 1.54) is 12.1 Å². The van der Waals surface area contributed by atoms with Crippen LogP contribution in [0, 0.1) is 0 Å². The molecule has 0 aromatic heterocycles. The zero-order valence-electron chi connectivity index (χ0n) is 14.4. The molecule has 0 aliphatic carbocycles. The molecule has 8 heteroatoms. The molecule has 1 aliphatic rings. The average molecular weight is 396 g/mol. The smallest absolute Gasteiger partial charge is 0.261 e. The third-order valence-corrected chi connectivity index (χ3v) is 5.71. The molecule has 1 fully saturated rings. The summed E-state index contributed by atoms with van der Waals surface area (Å²) in [5.74, 6) is -0.116. The molecular weight excluding hydrogens is 374 g/mol. The zero-order chi connectivity index (χ0) is 17.9. The number of benzene rings is 2. The number of rotatable bonds is 5. The number of sulfonamides is 1. The Labute approximate surface area is 160 Å². The number of amides is 1. The van der Waals surface area contributed by atoms with Gasteiger partial charge in [-0.25, -0.2) is 8.42 Å². The maximum absolute atomic E-state index is 12.6. The molecule has 26 heavy (non-hydrogen) atoms. The molecule has 0 saturated carbocycles. The van der Waals surface area contributed by atoms with Crippen molar-refractivity contribution in [1.82, 2.24) is 10.2 Å². The van der Waals surface area contributed by atoms with Crippen LogP contribution in [0.2, 0.25) is 0 Å². The Hall–Kier alpha value is -2.09. The van der Waals surface area contributed by atoms with E-state index in [4.69, 9.17) is 0 Å². The van der Waals surface area contributed by atoms with E-state index in [9.17, 15) is 13.2 Å². The second kappa shape index (κ2) is 8.53. The van der Waals surface area contributed by atoms with Crippen LogP contribution in [0.3, 0.4) is 0 Å². The van der Waals surface area contributed by atoms with E-state index >= 15 is 0 Å². The summed E-state index contributed by atoms with van der Waals surface area (Å²) in [4.78, 5) is 14.5. The number of nitrogens with one attached hydrogen (secondary N) is 2. The highest BCUT2D eigenvalue weighted by molar-refractivity contribution is 7.92. The van der Waals surface area contributed by atoms with Crippen molar-refractivity contribution in [3.8, 4) is 0 Å². The summed E-state index contributed by atoms with van der Waals surface area (Å²) in [6, 6.07) is 14.9. The van der Waals surface area contributed by atoms with Crippen LogP contribution < -0.4 is 10.0 Å². The molecule has 140 valence electrons. The predicted octanol–water partition coefficient (Wildman–Crippen LogP) is 2.34. The molecule has 1 aliphatic heterocycles. The van der Waals surface area contributed by atoms with Crippen molar-refractivity contribution in [3.63, 3.8) is 0 Å². The Kier molecular flexibility index (Phi) is 6.63. The van der Waals surface area contributed by atoms with Gasteiger partial charge in [-0.2, -0.15) is 0 Å². The fourth-order valence-corrected chi connectivity index (χ4v) is 3.94. The van der Waals surface area contributed by atoms with Crippen LogP contribution in [0.5, 0.6) is 0 Å². The molecule has 6 nitrogen and oxygen atoms in total. The highest BCUT2D eigenvalue weighted by Gasteiger charge is 2.24. The first kappa shape index (κ1) is 20.2. The summed E-state index contributed by atoms with van der Waals surface area (Å²) >= 11 is 0. The topological polar surface area (TPSA) is 78.5 Å². The molecule has 1 unspecified atom stereocenters. The molecule has 0 bridgehead atoms. The fraction of sp³-hybridized carbons (Fsp3) is 0.278. The molecule has 2 N–H and O–H groups in total. The zero-order valence-corrected chi connectivity index (χ0v) is 16.0. The lowest BCUT2D eigenvalue weighted by Crippen LogP contribution is -2.38. The van der Waals surface area contributed by atoms with Crippen LogP contribution in [0.15, 0.2) is 59.5 Å². The molecule has 1 amide bonds. The first-order chi connectivity index (χ1) is 12.0. The van der Waals surface area contributed by atoms with Gasteiger partial charge >= 0.3 is 0 Å². The van der Waals surface area contributed by atoms with Gasteiger partial charge in [-0.15, -0.1) is 12.4 Å².